The topological polar surface area (TPSA) is 77.2 Å². The fourth-order valence-corrected chi connectivity index (χ4v) is 2.93. The maximum atomic E-state index is 12.5. The van der Waals surface area contributed by atoms with Crippen LogP contribution >= 0.6 is 0 Å². The summed E-state index contributed by atoms with van der Waals surface area (Å²) in [6.07, 6.45) is 3.68. The fraction of sp³-hybridized carbons (Fsp3) is 0.150. The molecule has 0 amide bonds. The highest BCUT2D eigenvalue weighted by Crippen LogP contribution is 2.25. The molecule has 4 rings (SSSR count). The van der Waals surface area contributed by atoms with E-state index >= 15 is 0 Å². The highest BCUT2D eigenvalue weighted by atomic mass is 16.5. The molecule has 0 radical (unpaired) electrons. The molecule has 1 N–H and O–H groups in total. The summed E-state index contributed by atoms with van der Waals surface area (Å²) in [6.45, 7) is 0.184. The number of fused-ring (bicyclic) bond motifs is 2. The van der Waals surface area contributed by atoms with E-state index in [4.69, 9.17) is 4.74 Å². The second kappa shape index (κ2) is 6.93. The molecular formula is C20H17N3O3. The van der Waals surface area contributed by atoms with Crippen molar-refractivity contribution < 1.29 is 9.84 Å². The van der Waals surface area contributed by atoms with Crippen molar-refractivity contribution in [1.82, 2.24) is 14.5 Å². The number of pyridine rings is 1. The lowest BCUT2D eigenvalue weighted by Gasteiger charge is -2.15. The third kappa shape index (κ3) is 3.14. The smallest absolute Gasteiger partial charge is 0.261 e. The van der Waals surface area contributed by atoms with E-state index in [2.05, 4.69) is 9.97 Å². The van der Waals surface area contributed by atoms with E-state index in [0.29, 0.717) is 16.7 Å². The number of hydrogen-bond acceptors (Lipinski definition) is 5. The summed E-state index contributed by atoms with van der Waals surface area (Å²) in [5, 5.41) is 12.8. The van der Waals surface area contributed by atoms with Crippen LogP contribution in [0.25, 0.3) is 21.7 Å². The third-order valence-electron chi connectivity index (χ3n) is 4.22. The zero-order chi connectivity index (χ0) is 17.9. The molecule has 130 valence electrons. The molecule has 2 heterocycles. The van der Waals surface area contributed by atoms with Gasteiger partial charge in [-0.05, 0) is 17.5 Å². The van der Waals surface area contributed by atoms with Crippen molar-refractivity contribution in [3.05, 3.63) is 77.6 Å². The Balaban J connectivity index is 1.50. The van der Waals surface area contributed by atoms with Gasteiger partial charge in [0.25, 0.3) is 5.56 Å². The van der Waals surface area contributed by atoms with Crippen LogP contribution < -0.4 is 10.3 Å². The summed E-state index contributed by atoms with van der Waals surface area (Å²) in [5.41, 5.74) is 0.330. The zero-order valence-corrected chi connectivity index (χ0v) is 13.9. The molecule has 1 atom stereocenters. The molecule has 0 fully saturated rings. The molecule has 6 nitrogen and oxygen atoms in total. The van der Waals surface area contributed by atoms with Crippen molar-refractivity contribution in [2.75, 3.05) is 6.61 Å². The predicted molar refractivity (Wildman–Crippen MR) is 99.2 cm³/mol. The highest BCUT2D eigenvalue weighted by Gasteiger charge is 2.11. The largest absolute Gasteiger partial charge is 0.490 e. The molecule has 6 heteroatoms. The van der Waals surface area contributed by atoms with Crippen LogP contribution in [-0.2, 0) is 6.54 Å². The first-order chi connectivity index (χ1) is 12.7. The molecule has 0 bridgehead atoms. The van der Waals surface area contributed by atoms with Crippen molar-refractivity contribution in [2.45, 2.75) is 12.6 Å². The first kappa shape index (κ1) is 16.2. The van der Waals surface area contributed by atoms with Crippen molar-refractivity contribution in [2.24, 2.45) is 0 Å². The third-order valence-corrected chi connectivity index (χ3v) is 4.22. The number of ether oxygens (including phenoxy) is 1. The lowest BCUT2D eigenvalue weighted by Crippen LogP contribution is -2.30. The minimum absolute atomic E-state index is 0.0782. The summed E-state index contributed by atoms with van der Waals surface area (Å²) in [5.74, 6) is 0.706. The van der Waals surface area contributed by atoms with Crippen molar-refractivity contribution in [3.63, 3.8) is 0 Å². The Morgan fingerprint density at radius 3 is 2.85 bits per heavy atom. The van der Waals surface area contributed by atoms with Crippen LogP contribution in [-0.4, -0.2) is 32.4 Å². The van der Waals surface area contributed by atoms with E-state index in [1.807, 2.05) is 42.5 Å². The summed E-state index contributed by atoms with van der Waals surface area (Å²) in [7, 11) is 0. The summed E-state index contributed by atoms with van der Waals surface area (Å²) in [6, 6.07) is 15.3. The van der Waals surface area contributed by atoms with Gasteiger partial charge in [-0.2, -0.15) is 0 Å². The van der Waals surface area contributed by atoms with Crippen LogP contribution in [0.2, 0.25) is 0 Å². The molecule has 0 spiro atoms. The zero-order valence-electron chi connectivity index (χ0n) is 13.9. The van der Waals surface area contributed by atoms with Gasteiger partial charge in [-0.3, -0.25) is 14.3 Å². The molecule has 1 unspecified atom stereocenters. The van der Waals surface area contributed by atoms with Gasteiger partial charge >= 0.3 is 0 Å². The summed E-state index contributed by atoms with van der Waals surface area (Å²) in [4.78, 5) is 20.6. The monoisotopic (exact) mass is 347 g/mol. The van der Waals surface area contributed by atoms with Crippen LogP contribution in [0.4, 0.5) is 0 Å². The number of hydrogen-bond donors (Lipinski definition) is 1. The maximum absolute atomic E-state index is 12.5. The van der Waals surface area contributed by atoms with Crippen LogP contribution in [0, 0.1) is 0 Å². The van der Waals surface area contributed by atoms with Gasteiger partial charge < -0.3 is 9.84 Å². The first-order valence-electron chi connectivity index (χ1n) is 8.30. The number of aromatic nitrogens is 3. The SMILES string of the molecule is O=c1c2ccncc2ncn1CC(O)COc1cccc2ccccc12. The minimum Gasteiger partial charge on any atom is -0.490 e. The van der Waals surface area contributed by atoms with Gasteiger partial charge in [0, 0.05) is 11.6 Å². The van der Waals surface area contributed by atoms with Crippen LogP contribution in [0.15, 0.2) is 72.0 Å². The molecule has 0 aliphatic heterocycles. The molecule has 0 saturated carbocycles. The Hall–Kier alpha value is -3.25. The van der Waals surface area contributed by atoms with Crippen LogP contribution in [0.3, 0.4) is 0 Å². The number of rotatable bonds is 5. The number of aliphatic hydroxyl groups is 1. The van der Waals surface area contributed by atoms with E-state index in [1.165, 1.54) is 10.9 Å². The van der Waals surface area contributed by atoms with Gasteiger partial charge in [-0.1, -0.05) is 36.4 Å². The van der Waals surface area contributed by atoms with Crippen molar-refractivity contribution in [1.29, 1.82) is 0 Å². The second-order valence-electron chi connectivity index (χ2n) is 6.04. The molecule has 0 saturated heterocycles. The number of benzene rings is 2. The summed E-state index contributed by atoms with van der Waals surface area (Å²) >= 11 is 0. The normalized spacial score (nSPS) is 12.3. The van der Waals surface area contributed by atoms with E-state index in [9.17, 15) is 9.90 Å². The van der Waals surface area contributed by atoms with Gasteiger partial charge in [0.1, 0.15) is 18.5 Å². The Morgan fingerprint density at radius 2 is 1.92 bits per heavy atom. The molecule has 0 aliphatic carbocycles. The Kier molecular flexibility index (Phi) is 4.33. The predicted octanol–water partition coefficient (Wildman–Crippen LogP) is 2.38. The molecule has 2 aromatic heterocycles. The first-order valence-corrected chi connectivity index (χ1v) is 8.30. The Bertz CT molecular complexity index is 1120. The fourth-order valence-electron chi connectivity index (χ4n) is 2.93. The molecule has 26 heavy (non-hydrogen) atoms. The average Bonchev–Trinajstić information content (AvgIpc) is 2.69. The maximum Gasteiger partial charge on any atom is 0.261 e. The second-order valence-corrected chi connectivity index (χ2v) is 6.04. The van der Waals surface area contributed by atoms with Gasteiger partial charge in [-0.25, -0.2) is 4.98 Å². The number of nitrogens with zero attached hydrogens (tertiary/aromatic N) is 3. The lowest BCUT2D eigenvalue weighted by molar-refractivity contribution is 0.0922. The number of aliphatic hydroxyl groups excluding tert-OH is 1. The van der Waals surface area contributed by atoms with E-state index < -0.39 is 6.10 Å². The van der Waals surface area contributed by atoms with E-state index in [0.717, 1.165) is 10.8 Å². The molecule has 2 aromatic carbocycles. The van der Waals surface area contributed by atoms with Gasteiger partial charge in [0.05, 0.1) is 30.0 Å². The average molecular weight is 347 g/mol. The highest BCUT2D eigenvalue weighted by molar-refractivity contribution is 5.88. The van der Waals surface area contributed by atoms with E-state index in [1.54, 1.807) is 18.5 Å². The molecule has 0 aliphatic rings. The van der Waals surface area contributed by atoms with E-state index in [-0.39, 0.29) is 18.7 Å². The van der Waals surface area contributed by atoms with Gasteiger partial charge in [0.15, 0.2) is 0 Å². The van der Waals surface area contributed by atoms with Crippen molar-refractivity contribution >= 4 is 21.7 Å². The van der Waals surface area contributed by atoms with Gasteiger partial charge in [0.2, 0.25) is 0 Å². The molecule has 4 aromatic rings. The van der Waals surface area contributed by atoms with Crippen molar-refractivity contribution in [3.8, 4) is 5.75 Å². The standard InChI is InChI=1S/C20H17N3O3/c24-15(11-23-13-22-18-10-21-9-8-17(18)20(23)25)12-26-19-7-3-5-14-4-1-2-6-16(14)19/h1-10,13,15,24H,11-12H2. The Labute approximate surface area is 149 Å². The summed E-state index contributed by atoms with van der Waals surface area (Å²) < 4.78 is 7.17. The minimum atomic E-state index is -0.840. The van der Waals surface area contributed by atoms with Crippen LogP contribution in [0.5, 0.6) is 5.75 Å². The van der Waals surface area contributed by atoms with Crippen LogP contribution in [0.1, 0.15) is 0 Å². The quantitative estimate of drug-likeness (QED) is 0.600. The molecular weight excluding hydrogens is 330 g/mol. The Morgan fingerprint density at radius 1 is 1.08 bits per heavy atom. The van der Waals surface area contributed by atoms with Gasteiger partial charge in [-0.15, -0.1) is 0 Å². The lowest BCUT2D eigenvalue weighted by atomic mass is 10.1.